The number of hydrogen-bond donors (Lipinski definition) is 0. The second-order valence-corrected chi connectivity index (χ2v) is 5.34. The van der Waals surface area contributed by atoms with Crippen LogP contribution in [0.15, 0.2) is 30.9 Å². The molecule has 1 aliphatic heterocycles. The van der Waals surface area contributed by atoms with Gasteiger partial charge in [-0.05, 0) is 18.9 Å². The van der Waals surface area contributed by atoms with E-state index in [2.05, 4.69) is 9.97 Å². The fourth-order valence-corrected chi connectivity index (χ4v) is 2.86. The van der Waals surface area contributed by atoms with Crippen LogP contribution in [0.1, 0.15) is 34.9 Å². The summed E-state index contributed by atoms with van der Waals surface area (Å²) in [6.07, 6.45) is 8.07. The van der Waals surface area contributed by atoms with E-state index in [1.807, 2.05) is 17.8 Å². The third-order valence-corrected chi connectivity index (χ3v) is 3.94. The van der Waals surface area contributed by atoms with Gasteiger partial charge in [0.25, 0.3) is 5.91 Å². The van der Waals surface area contributed by atoms with Gasteiger partial charge < -0.3 is 9.47 Å². The first-order chi connectivity index (χ1) is 10.2. The van der Waals surface area contributed by atoms with Gasteiger partial charge in [0.15, 0.2) is 5.82 Å². The number of hydrogen-bond acceptors (Lipinski definition) is 3. The van der Waals surface area contributed by atoms with Crippen molar-refractivity contribution in [3.8, 4) is 0 Å². The molecule has 6 heteroatoms. The molecule has 2 aromatic heterocycles. The van der Waals surface area contributed by atoms with Crippen molar-refractivity contribution in [3.05, 3.63) is 48.1 Å². The molecule has 0 unspecified atom stereocenters. The number of rotatable bonds is 2. The highest BCUT2D eigenvalue weighted by molar-refractivity contribution is 5.94. The van der Waals surface area contributed by atoms with Gasteiger partial charge >= 0.3 is 0 Å². The quantitative estimate of drug-likeness (QED) is 0.849. The Balaban J connectivity index is 1.79. The molecule has 1 fully saturated rings. The molecule has 110 valence electrons. The second-order valence-electron chi connectivity index (χ2n) is 5.34. The molecule has 0 bridgehead atoms. The lowest BCUT2D eigenvalue weighted by Gasteiger charge is -2.32. The third kappa shape index (κ3) is 2.66. The van der Waals surface area contributed by atoms with E-state index in [4.69, 9.17) is 0 Å². The Bertz CT molecular complexity index is 655. The van der Waals surface area contributed by atoms with Crippen LogP contribution in [0.3, 0.4) is 0 Å². The van der Waals surface area contributed by atoms with E-state index in [1.165, 1.54) is 12.3 Å². The molecule has 5 nitrogen and oxygen atoms in total. The van der Waals surface area contributed by atoms with Gasteiger partial charge in [0.05, 0.1) is 11.8 Å². The average Bonchev–Trinajstić information content (AvgIpc) is 2.93. The standard InChI is InChI=1S/C15H17FN4O/c1-19-8-6-18-14(19)11-3-2-7-20(10-11)15(21)12-4-5-17-9-13(12)16/h4-6,8-9,11H,2-3,7,10H2,1H3/t11-/m0/s1. The van der Waals surface area contributed by atoms with Crippen molar-refractivity contribution in [2.24, 2.45) is 7.05 Å². The Morgan fingerprint density at radius 3 is 3.00 bits per heavy atom. The number of halogens is 1. The Labute approximate surface area is 122 Å². The van der Waals surface area contributed by atoms with Crippen LogP contribution >= 0.6 is 0 Å². The van der Waals surface area contributed by atoms with E-state index in [-0.39, 0.29) is 17.4 Å². The van der Waals surface area contributed by atoms with Crippen LogP contribution in [0.25, 0.3) is 0 Å². The zero-order valence-electron chi connectivity index (χ0n) is 11.9. The van der Waals surface area contributed by atoms with Crippen LogP contribution in [-0.4, -0.2) is 38.4 Å². The predicted molar refractivity (Wildman–Crippen MR) is 75.3 cm³/mol. The van der Waals surface area contributed by atoms with E-state index in [9.17, 15) is 9.18 Å². The summed E-state index contributed by atoms with van der Waals surface area (Å²) in [4.78, 5) is 22.2. The van der Waals surface area contributed by atoms with Crippen LogP contribution in [0, 0.1) is 5.82 Å². The lowest BCUT2D eigenvalue weighted by molar-refractivity contribution is 0.0698. The summed E-state index contributed by atoms with van der Waals surface area (Å²) in [6, 6.07) is 1.43. The summed E-state index contributed by atoms with van der Waals surface area (Å²) in [7, 11) is 1.95. The first-order valence-corrected chi connectivity index (χ1v) is 7.03. The Morgan fingerprint density at radius 1 is 1.43 bits per heavy atom. The molecule has 1 atom stereocenters. The number of piperidine rings is 1. The topological polar surface area (TPSA) is 51.0 Å². The molecular formula is C15H17FN4O. The first-order valence-electron chi connectivity index (χ1n) is 7.03. The minimum Gasteiger partial charge on any atom is -0.338 e. The van der Waals surface area contributed by atoms with Crippen LogP contribution in [-0.2, 0) is 7.05 Å². The number of pyridine rings is 1. The molecular weight excluding hydrogens is 271 g/mol. The zero-order valence-corrected chi connectivity index (χ0v) is 11.9. The van der Waals surface area contributed by atoms with Crippen LogP contribution < -0.4 is 0 Å². The molecule has 0 aliphatic carbocycles. The number of aryl methyl sites for hydroxylation is 1. The maximum absolute atomic E-state index is 13.7. The summed E-state index contributed by atoms with van der Waals surface area (Å²) in [6.45, 7) is 1.23. The highest BCUT2D eigenvalue weighted by Crippen LogP contribution is 2.26. The van der Waals surface area contributed by atoms with E-state index in [0.29, 0.717) is 13.1 Å². The van der Waals surface area contributed by atoms with E-state index in [0.717, 1.165) is 24.9 Å². The molecule has 0 saturated carbocycles. The average molecular weight is 288 g/mol. The Hall–Kier alpha value is -2.24. The normalized spacial score (nSPS) is 18.8. The second kappa shape index (κ2) is 5.63. The van der Waals surface area contributed by atoms with Gasteiger partial charge in [-0.2, -0.15) is 0 Å². The Kier molecular flexibility index (Phi) is 3.68. The van der Waals surface area contributed by atoms with E-state index >= 15 is 0 Å². The van der Waals surface area contributed by atoms with Gasteiger partial charge in [-0.3, -0.25) is 9.78 Å². The fraction of sp³-hybridized carbons (Fsp3) is 0.400. The summed E-state index contributed by atoms with van der Waals surface area (Å²) in [5.74, 6) is 0.339. The molecule has 1 amide bonds. The molecule has 0 aromatic carbocycles. The third-order valence-electron chi connectivity index (χ3n) is 3.94. The minimum atomic E-state index is -0.568. The van der Waals surface area contributed by atoms with Gasteiger partial charge in [-0.25, -0.2) is 9.37 Å². The smallest absolute Gasteiger partial charge is 0.256 e. The molecule has 0 N–H and O–H groups in total. The zero-order chi connectivity index (χ0) is 14.8. The predicted octanol–water partition coefficient (Wildman–Crippen LogP) is 1.97. The highest BCUT2D eigenvalue weighted by Gasteiger charge is 2.28. The van der Waals surface area contributed by atoms with Gasteiger partial charge in [0.2, 0.25) is 0 Å². The van der Waals surface area contributed by atoms with Gasteiger partial charge in [0.1, 0.15) is 5.82 Å². The molecule has 3 heterocycles. The molecule has 21 heavy (non-hydrogen) atoms. The molecule has 1 saturated heterocycles. The maximum Gasteiger partial charge on any atom is 0.256 e. The maximum atomic E-state index is 13.7. The van der Waals surface area contributed by atoms with Gasteiger partial charge in [-0.1, -0.05) is 0 Å². The van der Waals surface area contributed by atoms with Crippen LogP contribution in [0.2, 0.25) is 0 Å². The minimum absolute atomic E-state index is 0.0884. The lowest BCUT2D eigenvalue weighted by Crippen LogP contribution is -2.40. The van der Waals surface area contributed by atoms with Crippen molar-refractivity contribution in [1.29, 1.82) is 0 Å². The number of nitrogens with zero attached hydrogens (tertiary/aromatic N) is 4. The molecule has 2 aromatic rings. The monoisotopic (exact) mass is 288 g/mol. The largest absolute Gasteiger partial charge is 0.338 e. The van der Waals surface area contributed by atoms with E-state index in [1.54, 1.807) is 11.1 Å². The van der Waals surface area contributed by atoms with Gasteiger partial charge in [-0.15, -0.1) is 0 Å². The number of carbonyl (C=O) groups is 1. The molecule has 1 aliphatic rings. The van der Waals surface area contributed by atoms with Crippen molar-refractivity contribution >= 4 is 5.91 Å². The van der Waals surface area contributed by atoms with Crippen molar-refractivity contribution in [1.82, 2.24) is 19.4 Å². The first kappa shape index (κ1) is 13.7. The van der Waals surface area contributed by atoms with Crippen LogP contribution in [0.5, 0.6) is 0 Å². The van der Waals surface area contributed by atoms with Crippen molar-refractivity contribution in [2.45, 2.75) is 18.8 Å². The van der Waals surface area contributed by atoms with Crippen molar-refractivity contribution in [2.75, 3.05) is 13.1 Å². The molecule has 0 radical (unpaired) electrons. The summed E-state index contributed by atoms with van der Waals surface area (Å²) < 4.78 is 15.7. The lowest BCUT2D eigenvalue weighted by atomic mass is 9.96. The van der Waals surface area contributed by atoms with Gasteiger partial charge in [0, 0.05) is 44.6 Å². The summed E-state index contributed by atoms with van der Waals surface area (Å²) in [5, 5.41) is 0. The van der Waals surface area contributed by atoms with Crippen molar-refractivity contribution < 1.29 is 9.18 Å². The number of likely N-dealkylation sites (tertiary alicyclic amines) is 1. The number of imidazole rings is 1. The number of aromatic nitrogens is 3. The SMILES string of the molecule is Cn1ccnc1[C@H]1CCCN(C(=O)c2ccncc2F)C1. The Morgan fingerprint density at radius 2 is 2.29 bits per heavy atom. The number of carbonyl (C=O) groups excluding carboxylic acids is 1. The number of amides is 1. The summed E-state index contributed by atoms with van der Waals surface area (Å²) in [5.41, 5.74) is 0.0884. The van der Waals surface area contributed by atoms with Crippen molar-refractivity contribution in [3.63, 3.8) is 0 Å². The summed E-state index contributed by atoms with van der Waals surface area (Å²) >= 11 is 0. The molecule has 0 spiro atoms. The molecule has 3 rings (SSSR count). The highest BCUT2D eigenvalue weighted by atomic mass is 19.1. The van der Waals surface area contributed by atoms with Crippen LogP contribution in [0.4, 0.5) is 4.39 Å². The fourth-order valence-electron chi connectivity index (χ4n) is 2.86. The van der Waals surface area contributed by atoms with E-state index < -0.39 is 5.82 Å².